The molecule has 0 radical (unpaired) electrons. The van der Waals surface area contributed by atoms with E-state index in [2.05, 4.69) is 0 Å². The minimum Gasteiger partial charge on any atom is -0.504 e. The lowest BCUT2D eigenvalue weighted by atomic mass is 9.99. The zero-order valence-corrected chi connectivity index (χ0v) is 15.8. The number of fused-ring (bicyclic) bond motifs is 1. The molecule has 1 fully saturated rings. The fourth-order valence-corrected chi connectivity index (χ4v) is 3.39. The first-order valence-electron chi connectivity index (χ1n) is 9.12. The van der Waals surface area contributed by atoms with Crippen LogP contribution in [0.2, 0.25) is 0 Å². The maximum Gasteiger partial charge on any atom is 0.229 e. The van der Waals surface area contributed by atoms with Gasteiger partial charge in [0, 0.05) is 25.2 Å². The number of allylic oxidation sites excluding steroid dienone is 3. The maximum atomic E-state index is 10.3. The Balaban J connectivity index is 1.74. The second-order valence-corrected chi connectivity index (χ2v) is 6.73. The summed E-state index contributed by atoms with van der Waals surface area (Å²) in [5, 5.41) is 40.2. The highest BCUT2D eigenvalue weighted by atomic mass is 16.7. The normalized spacial score (nSPS) is 32.6. The number of aliphatic hydroxyl groups is 3. The summed E-state index contributed by atoms with van der Waals surface area (Å²) in [5.74, 6) is 0.552. The van der Waals surface area contributed by atoms with Crippen LogP contribution < -0.4 is 9.47 Å². The SMILES string of the molecule is CC=CC=CC1Cc2cc(OC3OC(CO)C(OC)C(O)C3O)cc(O)c2O1. The van der Waals surface area contributed by atoms with Crippen molar-refractivity contribution in [3.8, 4) is 17.2 Å². The Bertz CT molecular complexity index is 729. The Morgan fingerprint density at radius 3 is 2.68 bits per heavy atom. The van der Waals surface area contributed by atoms with E-state index in [4.69, 9.17) is 18.9 Å². The molecule has 6 unspecified atom stereocenters. The molecule has 1 aromatic carbocycles. The number of aliphatic hydroxyl groups excluding tert-OH is 3. The monoisotopic (exact) mass is 394 g/mol. The number of benzene rings is 1. The topological polar surface area (TPSA) is 118 Å². The average Bonchev–Trinajstić information content (AvgIpc) is 3.09. The van der Waals surface area contributed by atoms with Crippen molar-refractivity contribution in [2.75, 3.05) is 13.7 Å². The van der Waals surface area contributed by atoms with Gasteiger partial charge in [-0.1, -0.05) is 18.2 Å². The molecule has 4 N–H and O–H groups in total. The van der Waals surface area contributed by atoms with Crippen LogP contribution in [0.15, 0.2) is 36.4 Å². The third-order valence-electron chi connectivity index (χ3n) is 4.78. The van der Waals surface area contributed by atoms with Crippen LogP contribution in [0.25, 0.3) is 0 Å². The van der Waals surface area contributed by atoms with Gasteiger partial charge in [0.1, 0.15) is 36.3 Å². The number of phenolic OH excluding ortho intramolecular Hbond substituents is 1. The van der Waals surface area contributed by atoms with Crippen molar-refractivity contribution in [1.82, 2.24) is 0 Å². The van der Waals surface area contributed by atoms with E-state index in [1.807, 2.05) is 31.2 Å². The summed E-state index contributed by atoms with van der Waals surface area (Å²) in [4.78, 5) is 0. The standard InChI is InChI=1S/C20H26O8/c1-3-4-5-6-12-7-11-8-13(9-14(22)18(11)26-12)27-20-17(24)16(23)19(25-2)15(10-21)28-20/h3-6,8-9,12,15-17,19-24H,7,10H2,1-2H3. The molecule has 2 heterocycles. The van der Waals surface area contributed by atoms with E-state index in [1.54, 1.807) is 6.07 Å². The summed E-state index contributed by atoms with van der Waals surface area (Å²) in [6, 6.07) is 3.05. The van der Waals surface area contributed by atoms with Gasteiger partial charge < -0.3 is 39.4 Å². The lowest BCUT2D eigenvalue weighted by Crippen LogP contribution is -2.60. The molecular formula is C20H26O8. The first kappa shape index (κ1) is 20.6. The number of ether oxygens (including phenoxy) is 4. The number of rotatable bonds is 6. The van der Waals surface area contributed by atoms with Crippen LogP contribution in [0.4, 0.5) is 0 Å². The van der Waals surface area contributed by atoms with Gasteiger partial charge in [-0.05, 0) is 19.1 Å². The zero-order chi connectivity index (χ0) is 20.3. The molecule has 2 aliphatic rings. The van der Waals surface area contributed by atoms with Crippen LogP contribution in [0, 0.1) is 0 Å². The summed E-state index contributed by atoms with van der Waals surface area (Å²) in [6.45, 7) is 1.50. The van der Waals surface area contributed by atoms with E-state index in [0.717, 1.165) is 5.56 Å². The zero-order valence-electron chi connectivity index (χ0n) is 15.8. The molecule has 2 aliphatic heterocycles. The third kappa shape index (κ3) is 4.16. The lowest BCUT2D eigenvalue weighted by molar-refractivity contribution is -0.281. The predicted octanol–water partition coefficient (Wildman–Crippen LogP) is 0.661. The highest BCUT2D eigenvalue weighted by Gasteiger charge is 2.46. The molecular weight excluding hydrogens is 368 g/mol. The Hall–Kier alpha value is -2.10. The van der Waals surface area contributed by atoms with Gasteiger partial charge >= 0.3 is 0 Å². The summed E-state index contributed by atoms with van der Waals surface area (Å²) in [6.07, 6.45) is 2.24. The van der Waals surface area contributed by atoms with Crippen molar-refractivity contribution in [1.29, 1.82) is 0 Å². The largest absolute Gasteiger partial charge is 0.504 e. The van der Waals surface area contributed by atoms with Crippen LogP contribution in [-0.2, 0) is 15.9 Å². The van der Waals surface area contributed by atoms with Gasteiger partial charge in [-0.2, -0.15) is 0 Å². The van der Waals surface area contributed by atoms with Gasteiger partial charge in [0.15, 0.2) is 11.5 Å². The molecule has 1 saturated heterocycles. The van der Waals surface area contributed by atoms with Crippen molar-refractivity contribution in [2.24, 2.45) is 0 Å². The van der Waals surface area contributed by atoms with Crippen molar-refractivity contribution < 1.29 is 39.4 Å². The van der Waals surface area contributed by atoms with Gasteiger partial charge in [0.25, 0.3) is 0 Å². The van der Waals surface area contributed by atoms with E-state index in [9.17, 15) is 20.4 Å². The number of hydrogen-bond donors (Lipinski definition) is 4. The number of phenols is 1. The summed E-state index contributed by atoms with van der Waals surface area (Å²) in [7, 11) is 1.35. The highest BCUT2D eigenvalue weighted by molar-refractivity contribution is 5.53. The van der Waals surface area contributed by atoms with E-state index in [0.29, 0.717) is 12.2 Å². The number of hydrogen-bond acceptors (Lipinski definition) is 8. The predicted molar refractivity (Wildman–Crippen MR) is 99.4 cm³/mol. The molecule has 0 aromatic heterocycles. The maximum absolute atomic E-state index is 10.3. The molecule has 8 heteroatoms. The molecule has 0 saturated carbocycles. The first-order chi connectivity index (χ1) is 13.5. The van der Waals surface area contributed by atoms with Crippen molar-refractivity contribution in [3.05, 3.63) is 42.0 Å². The van der Waals surface area contributed by atoms with E-state index >= 15 is 0 Å². The van der Waals surface area contributed by atoms with E-state index < -0.39 is 37.3 Å². The van der Waals surface area contributed by atoms with Crippen LogP contribution in [0.3, 0.4) is 0 Å². The smallest absolute Gasteiger partial charge is 0.229 e. The average molecular weight is 394 g/mol. The molecule has 28 heavy (non-hydrogen) atoms. The summed E-state index contributed by atoms with van der Waals surface area (Å²) < 4.78 is 22.0. The molecule has 6 atom stereocenters. The van der Waals surface area contributed by atoms with Gasteiger partial charge in [-0.15, -0.1) is 0 Å². The quantitative estimate of drug-likeness (QED) is 0.520. The van der Waals surface area contributed by atoms with Gasteiger partial charge in [0.05, 0.1) is 6.61 Å². The van der Waals surface area contributed by atoms with Crippen LogP contribution in [0.1, 0.15) is 12.5 Å². The van der Waals surface area contributed by atoms with Crippen molar-refractivity contribution in [3.63, 3.8) is 0 Å². The van der Waals surface area contributed by atoms with Crippen LogP contribution in [-0.4, -0.2) is 71.0 Å². The summed E-state index contributed by atoms with van der Waals surface area (Å²) >= 11 is 0. The van der Waals surface area contributed by atoms with Crippen molar-refractivity contribution in [2.45, 2.75) is 50.2 Å². The molecule has 1 aromatic rings. The highest BCUT2D eigenvalue weighted by Crippen LogP contribution is 2.41. The Morgan fingerprint density at radius 2 is 2.00 bits per heavy atom. The molecule has 0 aliphatic carbocycles. The minimum absolute atomic E-state index is 0.0891. The summed E-state index contributed by atoms with van der Waals surface area (Å²) in [5.41, 5.74) is 0.754. The third-order valence-corrected chi connectivity index (χ3v) is 4.78. The van der Waals surface area contributed by atoms with Crippen LogP contribution >= 0.6 is 0 Å². The molecule has 0 amide bonds. The van der Waals surface area contributed by atoms with E-state index in [-0.39, 0.29) is 17.6 Å². The van der Waals surface area contributed by atoms with Crippen molar-refractivity contribution >= 4 is 0 Å². The van der Waals surface area contributed by atoms with Gasteiger partial charge in [-0.25, -0.2) is 0 Å². The second-order valence-electron chi connectivity index (χ2n) is 6.73. The Kier molecular flexibility index (Phi) is 6.58. The lowest BCUT2D eigenvalue weighted by Gasteiger charge is -2.41. The molecule has 0 bridgehead atoms. The van der Waals surface area contributed by atoms with E-state index in [1.165, 1.54) is 13.2 Å². The van der Waals surface area contributed by atoms with Gasteiger partial charge in [-0.3, -0.25) is 0 Å². The van der Waals surface area contributed by atoms with Crippen LogP contribution in [0.5, 0.6) is 17.2 Å². The van der Waals surface area contributed by atoms with Gasteiger partial charge in [0.2, 0.25) is 6.29 Å². The first-order valence-corrected chi connectivity index (χ1v) is 9.12. The molecule has 3 rings (SSSR count). The fraction of sp³-hybridized carbons (Fsp3) is 0.500. The molecule has 154 valence electrons. The second kappa shape index (κ2) is 8.93. The Labute approximate surface area is 163 Å². The Morgan fingerprint density at radius 1 is 1.21 bits per heavy atom. The fourth-order valence-electron chi connectivity index (χ4n) is 3.39. The number of aromatic hydroxyl groups is 1. The molecule has 8 nitrogen and oxygen atoms in total. The number of methoxy groups -OCH3 is 1. The minimum atomic E-state index is -1.39. The molecule has 0 spiro atoms.